The van der Waals surface area contributed by atoms with Crippen LogP contribution < -0.4 is 10.1 Å². The molecule has 1 N–H and O–H groups in total. The maximum Gasteiger partial charge on any atom is 0.165 e. The molecule has 21 heavy (non-hydrogen) atoms. The third kappa shape index (κ3) is 4.17. The van der Waals surface area contributed by atoms with Gasteiger partial charge in [-0.05, 0) is 70.9 Å². The van der Waals surface area contributed by atoms with Crippen molar-refractivity contribution in [1.29, 1.82) is 0 Å². The number of ether oxygens (including phenoxy) is 1. The highest BCUT2D eigenvalue weighted by atomic mass is 127. The number of nitrogens with one attached hydrogen (secondary N) is 1. The Kier molecular flexibility index (Phi) is 5.99. The summed E-state index contributed by atoms with van der Waals surface area (Å²) in [6, 6.07) is 13.4. The molecule has 4 heteroatoms. The Morgan fingerprint density at radius 1 is 1.19 bits per heavy atom. The second-order valence-electron chi connectivity index (χ2n) is 4.84. The Morgan fingerprint density at radius 3 is 2.57 bits per heavy atom. The van der Waals surface area contributed by atoms with E-state index in [9.17, 15) is 4.39 Å². The molecule has 2 rings (SSSR count). The van der Waals surface area contributed by atoms with E-state index in [4.69, 9.17) is 4.74 Å². The normalized spacial score (nSPS) is 12.2. The predicted molar refractivity (Wildman–Crippen MR) is 92.2 cm³/mol. The fourth-order valence-electron chi connectivity index (χ4n) is 2.27. The summed E-state index contributed by atoms with van der Waals surface area (Å²) in [7, 11) is 1.48. The number of hydrogen-bond donors (Lipinski definition) is 1. The minimum Gasteiger partial charge on any atom is -0.494 e. The summed E-state index contributed by atoms with van der Waals surface area (Å²) in [6.07, 6.45) is 1.03. The van der Waals surface area contributed by atoms with Crippen LogP contribution in [0.15, 0.2) is 42.5 Å². The molecular formula is C17H19FINO. The summed E-state index contributed by atoms with van der Waals surface area (Å²) >= 11 is 2.29. The van der Waals surface area contributed by atoms with Crippen molar-refractivity contribution in [2.75, 3.05) is 13.7 Å². The van der Waals surface area contributed by atoms with E-state index in [2.05, 4.69) is 53.0 Å². The van der Waals surface area contributed by atoms with E-state index >= 15 is 0 Å². The molecule has 0 aliphatic carbocycles. The van der Waals surface area contributed by atoms with E-state index in [1.54, 1.807) is 12.1 Å². The lowest BCUT2D eigenvalue weighted by atomic mass is 9.98. The van der Waals surface area contributed by atoms with Crippen LogP contribution in [0.25, 0.3) is 0 Å². The zero-order valence-electron chi connectivity index (χ0n) is 12.2. The van der Waals surface area contributed by atoms with E-state index in [1.165, 1.54) is 10.7 Å². The van der Waals surface area contributed by atoms with Crippen molar-refractivity contribution in [2.45, 2.75) is 19.4 Å². The van der Waals surface area contributed by atoms with Gasteiger partial charge in [-0.15, -0.1) is 0 Å². The first-order valence-electron chi connectivity index (χ1n) is 6.98. The van der Waals surface area contributed by atoms with Crippen molar-refractivity contribution in [3.8, 4) is 5.75 Å². The van der Waals surface area contributed by atoms with Gasteiger partial charge in [0.05, 0.1) is 13.2 Å². The van der Waals surface area contributed by atoms with Gasteiger partial charge in [0.2, 0.25) is 0 Å². The van der Waals surface area contributed by atoms with Gasteiger partial charge in [0, 0.05) is 3.57 Å². The van der Waals surface area contributed by atoms with Crippen molar-refractivity contribution in [1.82, 2.24) is 5.32 Å². The van der Waals surface area contributed by atoms with Crippen LogP contribution in [0.4, 0.5) is 4.39 Å². The minimum atomic E-state index is -0.330. The summed E-state index contributed by atoms with van der Waals surface area (Å²) in [5.74, 6) is -0.0560. The highest BCUT2D eigenvalue weighted by molar-refractivity contribution is 14.1. The van der Waals surface area contributed by atoms with Crippen LogP contribution in [0, 0.1) is 9.39 Å². The van der Waals surface area contributed by atoms with Gasteiger partial charge in [0.15, 0.2) is 11.6 Å². The first-order valence-corrected chi connectivity index (χ1v) is 8.06. The molecule has 2 aromatic rings. The fraction of sp³-hybridized carbons (Fsp3) is 0.294. The Labute approximate surface area is 138 Å². The summed E-state index contributed by atoms with van der Waals surface area (Å²) in [5, 5.41) is 3.48. The summed E-state index contributed by atoms with van der Waals surface area (Å²) in [4.78, 5) is 0. The monoisotopic (exact) mass is 399 g/mol. The van der Waals surface area contributed by atoms with Gasteiger partial charge in [0.1, 0.15) is 0 Å². The highest BCUT2D eigenvalue weighted by Gasteiger charge is 2.15. The average Bonchev–Trinajstić information content (AvgIpc) is 2.48. The Morgan fingerprint density at radius 2 is 1.95 bits per heavy atom. The molecule has 0 aromatic heterocycles. The third-order valence-corrected chi connectivity index (χ3v) is 3.96. The van der Waals surface area contributed by atoms with Gasteiger partial charge in [-0.2, -0.15) is 0 Å². The number of benzene rings is 2. The van der Waals surface area contributed by atoms with Crippen LogP contribution in [0.3, 0.4) is 0 Å². The van der Waals surface area contributed by atoms with E-state index in [0.717, 1.165) is 24.1 Å². The van der Waals surface area contributed by atoms with Crippen LogP contribution in [-0.2, 0) is 0 Å². The topological polar surface area (TPSA) is 21.3 Å². The van der Waals surface area contributed by atoms with E-state index in [0.29, 0.717) is 0 Å². The van der Waals surface area contributed by atoms with Gasteiger partial charge >= 0.3 is 0 Å². The van der Waals surface area contributed by atoms with Crippen LogP contribution in [0.2, 0.25) is 0 Å². The molecule has 0 saturated heterocycles. The molecule has 0 amide bonds. The molecule has 0 heterocycles. The second-order valence-corrected chi connectivity index (χ2v) is 6.08. The molecule has 0 spiro atoms. The molecule has 0 fully saturated rings. The van der Waals surface area contributed by atoms with Crippen molar-refractivity contribution in [3.05, 3.63) is 63.0 Å². The van der Waals surface area contributed by atoms with Crippen molar-refractivity contribution in [2.24, 2.45) is 0 Å². The maximum absolute atomic E-state index is 14.0. The lowest BCUT2D eigenvalue weighted by Crippen LogP contribution is -2.23. The lowest BCUT2D eigenvalue weighted by molar-refractivity contribution is 0.385. The molecular weight excluding hydrogens is 380 g/mol. The standard InChI is InChI=1S/C17H19FINO/c1-3-9-20-17(12-5-4-6-14(19)10-12)13-7-8-16(21-2)15(18)11-13/h4-8,10-11,17,20H,3,9H2,1-2H3. The molecule has 0 saturated carbocycles. The Hall–Kier alpha value is -1.14. The molecule has 0 aliphatic rings. The molecule has 2 nitrogen and oxygen atoms in total. The first kappa shape index (κ1) is 16.2. The lowest BCUT2D eigenvalue weighted by Gasteiger charge is -2.20. The largest absolute Gasteiger partial charge is 0.494 e. The molecule has 112 valence electrons. The second kappa shape index (κ2) is 7.75. The van der Waals surface area contributed by atoms with E-state index < -0.39 is 0 Å². The van der Waals surface area contributed by atoms with Crippen LogP contribution >= 0.6 is 22.6 Å². The number of hydrogen-bond acceptors (Lipinski definition) is 2. The minimum absolute atomic E-state index is 0.0138. The Bertz CT molecular complexity index is 603. The molecule has 0 bridgehead atoms. The van der Waals surface area contributed by atoms with Gasteiger partial charge in [-0.25, -0.2) is 4.39 Å². The number of rotatable bonds is 6. The number of halogens is 2. The molecule has 1 atom stereocenters. The Balaban J connectivity index is 2.37. The van der Waals surface area contributed by atoms with Gasteiger partial charge in [0.25, 0.3) is 0 Å². The molecule has 2 aromatic carbocycles. The fourth-order valence-corrected chi connectivity index (χ4v) is 2.83. The molecule has 0 aliphatic heterocycles. The summed E-state index contributed by atoms with van der Waals surface area (Å²) in [6.45, 7) is 3.00. The van der Waals surface area contributed by atoms with Crippen molar-refractivity contribution in [3.63, 3.8) is 0 Å². The number of methoxy groups -OCH3 is 1. The van der Waals surface area contributed by atoms with Crippen LogP contribution in [-0.4, -0.2) is 13.7 Å². The molecule has 1 unspecified atom stereocenters. The van der Waals surface area contributed by atoms with Crippen LogP contribution in [0.5, 0.6) is 5.75 Å². The predicted octanol–water partition coefficient (Wildman–Crippen LogP) is 4.53. The average molecular weight is 399 g/mol. The summed E-state index contributed by atoms with van der Waals surface area (Å²) < 4.78 is 20.1. The first-order chi connectivity index (χ1) is 10.2. The van der Waals surface area contributed by atoms with Gasteiger partial charge < -0.3 is 10.1 Å². The smallest absolute Gasteiger partial charge is 0.165 e. The SMILES string of the molecule is CCCNC(c1cccc(I)c1)c1ccc(OC)c(F)c1. The van der Waals surface area contributed by atoms with Crippen molar-refractivity contribution < 1.29 is 9.13 Å². The van der Waals surface area contributed by atoms with Crippen LogP contribution in [0.1, 0.15) is 30.5 Å². The zero-order chi connectivity index (χ0) is 15.2. The van der Waals surface area contributed by atoms with Gasteiger partial charge in [-0.1, -0.05) is 25.1 Å². The summed E-state index contributed by atoms with van der Waals surface area (Å²) in [5.41, 5.74) is 2.05. The van der Waals surface area contributed by atoms with E-state index in [1.807, 2.05) is 12.1 Å². The van der Waals surface area contributed by atoms with Gasteiger partial charge in [-0.3, -0.25) is 0 Å². The maximum atomic E-state index is 14.0. The zero-order valence-corrected chi connectivity index (χ0v) is 14.4. The third-order valence-electron chi connectivity index (χ3n) is 3.29. The highest BCUT2D eigenvalue weighted by Crippen LogP contribution is 2.27. The van der Waals surface area contributed by atoms with Crippen molar-refractivity contribution >= 4 is 22.6 Å². The quantitative estimate of drug-likeness (QED) is 0.721. The molecule has 0 radical (unpaired) electrons. The van der Waals surface area contributed by atoms with E-state index in [-0.39, 0.29) is 17.6 Å².